The minimum absolute atomic E-state index is 0.129. The van der Waals surface area contributed by atoms with Crippen LogP contribution >= 0.6 is 11.6 Å². The maximum atomic E-state index is 11.4. The summed E-state index contributed by atoms with van der Waals surface area (Å²) in [7, 11) is 1.33. The zero-order valence-electron chi connectivity index (χ0n) is 10.1. The van der Waals surface area contributed by atoms with Crippen molar-refractivity contribution in [2.75, 3.05) is 7.11 Å². The number of hydrogen-bond acceptors (Lipinski definition) is 3. The third-order valence-corrected chi connectivity index (χ3v) is 3.11. The van der Waals surface area contributed by atoms with Gasteiger partial charge in [0, 0.05) is 0 Å². The molecule has 0 aliphatic rings. The number of halogens is 1. The van der Waals surface area contributed by atoms with Crippen LogP contribution in [0.15, 0.2) is 18.2 Å². The molecule has 1 atom stereocenters. The molecule has 3 nitrogen and oxygen atoms in total. The predicted octanol–water partition coefficient (Wildman–Crippen LogP) is 2.58. The summed E-state index contributed by atoms with van der Waals surface area (Å²) in [5.41, 5.74) is 2.36. The molecule has 0 aromatic heterocycles. The molecule has 0 N–H and O–H groups in total. The zero-order valence-corrected chi connectivity index (χ0v) is 10.9. The fraction of sp³-hybridized carbons (Fsp3) is 0.385. The first kappa shape index (κ1) is 13.7. The molecular weight excluding hydrogens is 240 g/mol. The van der Waals surface area contributed by atoms with E-state index in [4.69, 9.17) is 11.6 Å². The van der Waals surface area contributed by atoms with Crippen LogP contribution in [0, 0.1) is 6.92 Å². The lowest BCUT2D eigenvalue weighted by atomic mass is 9.95. The number of esters is 1. The highest BCUT2D eigenvalue weighted by Gasteiger charge is 2.20. The SMILES string of the molecule is COC(=O)Cc1cccc(C)c1C(Cl)C(C)=O. The van der Waals surface area contributed by atoms with Gasteiger partial charge in [-0.15, -0.1) is 11.6 Å². The quantitative estimate of drug-likeness (QED) is 0.613. The number of ether oxygens (including phenoxy) is 1. The van der Waals surface area contributed by atoms with Gasteiger partial charge in [0.05, 0.1) is 13.5 Å². The molecule has 0 heterocycles. The molecule has 0 bridgehead atoms. The summed E-state index contributed by atoms with van der Waals surface area (Å²) < 4.78 is 4.62. The van der Waals surface area contributed by atoms with Crippen molar-refractivity contribution in [1.82, 2.24) is 0 Å². The average molecular weight is 255 g/mol. The molecule has 1 unspecified atom stereocenters. The van der Waals surface area contributed by atoms with Crippen LogP contribution in [-0.4, -0.2) is 18.9 Å². The highest BCUT2D eigenvalue weighted by Crippen LogP contribution is 2.28. The first-order valence-electron chi connectivity index (χ1n) is 5.27. The van der Waals surface area contributed by atoms with Gasteiger partial charge >= 0.3 is 5.97 Å². The van der Waals surface area contributed by atoms with Crippen LogP contribution in [0.25, 0.3) is 0 Å². The van der Waals surface area contributed by atoms with Gasteiger partial charge in [-0.3, -0.25) is 9.59 Å². The average Bonchev–Trinajstić information content (AvgIpc) is 2.28. The number of benzene rings is 1. The summed E-state index contributed by atoms with van der Waals surface area (Å²) >= 11 is 6.08. The van der Waals surface area contributed by atoms with Gasteiger partial charge in [0.2, 0.25) is 0 Å². The summed E-state index contributed by atoms with van der Waals surface area (Å²) in [6, 6.07) is 5.49. The minimum atomic E-state index is -0.712. The van der Waals surface area contributed by atoms with E-state index in [1.54, 1.807) is 6.07 Å². The van der Waals surface area contributed by atoms with E-state index in [1.807, 2.05) is 19.1 Å². The molecule has 17 heavy (non-hydrogen) atoms. The molecule has 0 aliphatic carbocycles. The Morgan fingerprint density at radius 2 is 2.06 bits per heavy atom. The van der Waals surface area contributed by atoms with Gasteiger partial charge in [-0.05, 0) is 30.5 Å². The number of hydrogen-bond donors (Lipinski definition) is 0. The molecule has 0 saturated carbocycles. The summed E-state index contributed by atoms with van der Waals surface area (Å²) in [5.74, 6) is -0.476. The summed E-state index contributed by atoms with van der Waals surface area (Å²) in [4.78, 5) is 22.6. The van der Waals surface area contributed by atoms with Crippen molar-refractivity contribution in [3.63, 3.8) is 0 Å². The third kappa shape index (κ3) is 3.30. The predicted molar refractivity (Wildman–Crippen MR) is 66.2 cm³/mol. The van der Waals surface area contributed by atoms with Crippen LogP contribution in [0.2, 0.25) is 0 Å². The molecule has 1 aromatic carbocycles. The van der Waals surface area contributed by atoms with E-state index in [2.05, 4.69) is 4.74 Å². The minimum Gasteiger partial charge on any atom is -0.469 e. The van der Waals surface area contributed by atoms with Gasteiger partial charge in [0.1, 0.15) is 5.38 Å². The van der Waals surface area contributed by atoms with Crippen LogP contribution in [0.5, 0.6) is 0 Å². The maximum absolute atomic E-state index is 11.4. The Kier molecular flexibility index (Phi) is 4.70. The Bertz CT molecular complexity index is 440. The largest absolute Gasteiger partial charge is 0.469 e. The Labute approximate surface area is 106 Å². The van der Waals surface area contributed by atoms with Crippen LogP contribution in [0.1, 0.15) is 29.0 Å². The Hall–Kier alpha value is -1.35. The lowest BCUT2D eigenvalue weighted by molar-refractivity contribution is -0.139. The van der Waals surface area contributed by atoms with Crippen LogP contribution in [-0.2, 0) is 20.7 Å². The normalized spacial score (nSPS) is 12.0. The standard InChI is InChI=1S/C13H15ClO3/c1-8-5-4-6-10(7-11(16)17-3)12(8)13(14)9(2)15/h4-6,13H,7H2,1-3H3. The molecule has 92 valence electrons. The van der Waals surface area contributed by atoms with E-state index in [1.165, 1.54) is 14.0 Å². The first-order valence-corrected chi connectivity index (χ1v) is 5.70. The number of Topliss-reactive ketones (excluding diaryl/α,β-unsaturated/α-hetero) is 1. The monoisotopic (exact) mass is 254 g/mol. The van der Waals surface area contributed by atoms with E-state index in [-0.39, 0.29) is 18.2 Å². The molecule has 0 spiro atoms. The zero-order chi connectivity index (χ0) is 13.0. The molecule has 1 aromatic rings. The second-order valence-corrected chi connectivity index (χ2v) is 4.31. The Balaban J connectivity index is 3.17. The van der Waals surface area contributed by atoms with Crippen molar-refractivity contribution in [2.24, 2.45) is 0 Å². The second kappa shape index (κ2) is 5.82. The number of carbonyl (C=O) groups excluding carboxylic acids is 2. The van der Waals surface area contributed by atoms with Gasteiger partial charge in [-0.1, -0.05) is 18.2 Å². The second-order valence-electron chi connectivity index (χ2n) is 3.87. The first-order chi connectivity index (χ1) is 7.97. The summed E-state index contributed by atoms with van der Waals surface area (Å²) in [6.07, 6.45) is 0.129. The van der Waals surface area contributed by atoms with E-state index in [0.717, 1.165) is 11.1 Å². The van der Waals surface area contributed by atoms with E-state index in [9.17, 15) is 9.59 Å². The molecule has 0 saturated heterocycles. The van der Waals surface area contributed by atoms with Crippen LogP contribution in [0.3, 0.4) is 0 Å². The van der Waals surface area contributed by atoms with Crippen molar-refractivity contribution in [3.8, 4) is 0 Å². The van der Waals surface area contributed by atoms with E-state index in [0.29, 0.717) is 5.56 Å². The maximum Gasteiger partial charge on any atom is 0.309 e. The molecule has 0 amide bonds. The van der Waals surface area contributed by atoms with Crippen molar-refractivity contribution in [1.29, 1.82) is 0 Å². The molecule has 0 radical (unpaired) electrons. The summed E-state index contributed by atoms with van der Waals surface area (Å²) in [6.45, 7) is 3.31. The topological polar surface area (TPSA) is 43.4 Å². The highest BCUT2D eigenvalue weighted by molar-refractivity contribution is 6.31. The van der Waals surface area contributed by atoms with Gasteiger partial charge in [-0.25, -0.2) is 0 Å². The highest BCUT2D eigenvalue weighted by atomic mass is 35.5. The molecular formula is C13H15ClO3. The Morgan fingerprint density at radius 1 is 1.41 bits per heavy atom. The van der Waals surface area contributed by atoms with Gasteiger partial charge in [0.15, 0.2) is 5.78 Å². The molecule has 1 rings (SSSR count). The van der Waals surface area contributed by atoms with Crippen molar-refractivity contribution < 1.29 is 14.3 Å². The smallest absolute Gasteiger partial charge is 0.309 e. The lowest BCUT2D eigenvalue weighted by Crippen LogP contribution is -2.12. The number of alkyl halides is 1. The van der Waals surface area contributed by atoms with Crippen molar-refractivity contribution >= 4 is 23.4 Å². The van der Waals surface area contributed by atoms with Gasteiger partial charge in [-0.2, -0.15) is 0 Å². The fourth-order valence-corrected chi connectivity index (χ4v) is 2.00. The third-order valence-electron chi connectivity index (χ3n) is 2.59. The lowest BCUT2D eigenvalue weighted by Gasteiger charge is -2.15. The molecule has 0 fully saturated rings. The van der Waals surface area contributed by atoms with Gasteiger partial charge in [0.25, 0.3) is 0 Å². The Morgan fingerprint density at radius 3 is 2.59 bits per heavy atom. The van der Waals surface area contributed by atoms with Gasteiger partial charge < -0.3 is 4.74 Å². The van der Waals surface area contributed by atoms with Crippen molar-refractivity contribution in [2.45, 2.75) is 25.6 Å². The number of carbonyl (C=O) groups is 2. The number of ketones is 1. The van der Waals surface area contributed by atoms with Crippen molar-refractivity contribution in [3.05, 3.63) is 34.9 Å². The van der Waals surface area contributed by atoms with Crippen LogP contribution < -0.4 is 0 Å². The summed E-state index contributed by atoms with van der Waals surface area (Å²) in [5, 5.41) is -0.712. The fourth-order valence-electron chi connectivity index (χ4n) is 1.69. The van der Waals surface area contributed by atoms with E-state index < -0.39 is 5.38 Å². The molecule has 0 aliphatic heterocycles. The van der Waals surface area contributed by atoms with Crippen LogP contribution in [0.4, 0.5) is 0 Å². The number of aryl methyl sites for hydroxylation is 1. The van der Waals surface area contributed by atoms with E-state index >= 15 is 0 Å². The number of methoxy groups -OCH3 is 1. The molecule has 4 heteroatoms. The number of rotatable bonds is 4.